The summed E-state index contributed by atoms with van der Waals surface area (Å²) in [6.07, 6.45) is -2.90. The molecule has 1 fully saturated rings. The minimum atomic E-state index is -4.59. The number of anilines is 1. The van der Waals surface area contributed by atoms with Gasteiger partial charge >= 0.3 is 12.1 Å². The Hall–Kier alpha value is -2.43. The molecule has 2 N–H and O–H groups in total. The molecular formula is C17H23F3N6O2. The first-order valence-corrected chi connectivity index (χ1v) is 9.11. The summed E-state index contributed by atoms with van der Waals surface area (Å²) in [4.78, 5) is 19.1. The third kappa shape index (κ3) is 4.51. The third-order valence-electron chi connectivity index (χ3n) is 4.38. The van der Waals surface area contributed by atoms with Crippen molar-refractivity contribution in [2.24, 2.45) is 5.92 Å². The quantitative estimate of drug-likeness (QED) is 0.742. The van der Waals surface area contributed by atoms with E-state index >= 15 is 0 Å². The molecule has 2 aromatic rings. The first-order chi connectivity index (χ1) is 13.1. The summed E-state index contributed by atoms with van der Waals surface area (Å²) in [7, 11) is 0. The lowest BCUT2D eigenvalue weighted by Gasteiger charge is -2.31. The molecule has 3 heterocycles. The Morgan fingerprint density at radius 2 is 2.21 bits per heavy atom. The second kappa shape index (κ2) is 7.90. The molecule has 0 radical (unpaired) electrons. The summed E-state index contributed by atoms with van der Waals surface area (Å²) in [6.45, 7) is 6.30. The van der Waals surface area contributed by atoms with E-state index in [4.69, 9.17) is 4.74 Å². The SMILES string of the molecule is CC(=O)O[C@@H]1CNCC[C@H]1Nc1ncc2c(C(F)(F)F)nc(CC(C)C)n2n1. The van der Waals surface area contributed by atoms with Crippen LogP contribution >= 0.6 is 0 Å². The van der Waals surface area contributed by atoms with Crippen LogP contribution in [0.15, 0.2) is 6.20 Å². The highest BCUT2D eigenvalue weighted by Gasteiger charge is 2.37. The van der Waals surface area contributed by atoms with Crippen LogP contribution in [-0.4, -0.2) is 50.8 Å². The molecule has 28 heavy (non-hydrogen) atoms. The molecule has 0 saturated carbocycles. The average molecular weight is 400 g/mol. The predicted octanol–water partition coefficient (Wildman–Crippen LogP) is 2.05. The van der Waals surface area contributed by atoms with Crippen LogP contribution in [0, 0.1) is 5.92 Å². The molecule has 8 nitrogen and oxygen atoms in total. The Kier molecular flexibility index (Phi) is 5.73. The minimum Gasteiger partial charge on any atom is -0.459 e. The van der Waals surface area contributed by atoms with Gasteiger partial charge < -0.3 is 15.4 Å². The summed E-state index contributed by atoms with van der Waals surface area (Å²) in [6, 6.07) is -0.248. The predicted molar refractivity (Wildman–Crippen MR) is 94.8 cm³/mol. The highest BCUT2D eigenvalue weighted by molar-refractivity contribution is 5.66. The van der Waals surface area contributed by atoms with E-state index in [1.807, 2.05) is 13.8 Å². The van der Waals surface area contributed by atoms with Crippen molar-refractivity contribution in [2.45, 2.75) is 51.9 Å². The Morgan fingerprint density at radius 3 is 2.86 bits per heavy atom. The summed E-state index contributed by atoms with van der Waals surface area (Å²) >= 11 is 0. The van der Waals surface area contributed by atoms with Crippen LogP contribution in [0.25, 0.3) is 5.52 Å². The van der Waals surface area contributed by atoms with Crippen molar-refractivity contribution in [3.8, 4) is 0 Å². The highest BCUT2D eigenvalue weighted by atomic mass is 19.4. The fourth-order valence-corrected chi connectivity index (χ4v) is 3.21. The number of rotatable bonds is 5. The maximum atomic E-state index is 13.3. The van der Waals surface area contributed by atoms with E-state index in [2.05, 4.69) is 25.7 Å². The van der Waals surface area contributed by atoms with Gasteiger partial charge in [0.15, 0.2) is 5.69 Å². The van der Waals surface area contributed by atoms with Gasteiger partial charge in [-0.05, 0) is 18.9 Å². The van der Waals surface area contributed by atoms with Crippen LogP contribution in [-0.2, 0) is 22.1 Å². The van der Waals surface area contributed by atoms with Gasteiger partial charge in [0, 0.05) is 19.9 Å². The molecule has 11 heteroatoms. The maximum Gasteiger partial charge on any atom is 0.435 e. The number of imidazole rings is 1. The number of carbonyl (C=O) groups is 1. The van der Waals surface area contributed by atoms with Crippen LogP contribution in [0.2, 0.25) is 0 Å². The van der Waals surface area contributed by atoms with Crippen LogP contribution in [0.3, 0.4) is 0 Å². The van der Waals surface area contributed by atoms with Crippen molar-refractivity contribution < 1.29 is 22.7 Å². The molecular weight excluding hydrogens is 377 g/mol. The van der Waals surface area contributed by atoms with Crippen molar-refractivity contribution in [2.75, 3.05) is 18.4 Å². The fourth-order valence-electron chi connectivity index (χ4n) is 3.21. The van der Waals surface area contributed by atoms with Gasteiger partial charge in [0.25, 0.3) is 0 Å². The minimum absolute atomic E-state index is 0.107. The third-order valence-corrected chi connectivity index (χ3v) is 4.38. The van der Waals surface area contributed by atoms with Crippen LogP contribution in [0.4, 0.5) is 19.1 Å². The van der Waals surface area contributed by atoms with Gasteiger partial charge in [-0.25, -0.2) is 14.5 Å². The van der Waals surface area contributed by atoms with Crippen LogP contribution < -0.4 is 10.6 Å². The second-order valence-corrected chi connectivity index (χ2v) is 7.24. The zero-order valence-corrected chi connectivity index (χ0v) is 15.9. The van der Waals surface area contributed by atoms with Crippen LogP contribution in [0.5, 0.6) is 0 Å². The molecule has 0 aromatic carbocycles. The molecule has 0 bridgehead atoms. The highest BCUT2D eigenvalue weighted by Crippen LogP contribution is 2.32. The number of alkyl halides is 3. The number of nitrogens with one attached hydrogen (secondary N) is 2. The standard InChI is InChI=1S/C17H23F3N6O2/c1-9(2)6-14-24-15(17(18,19)20)12-7-22-16(25-26(12)14)23-11-4-5-21-8-13(11)28-10(3)27/h7,9,11,13,21H,4-6,8H2,1-3H3,(H,23,25)/t11-,13-/m1/s1. The number of hydrogen-bond donors (Lipinski definition) is 2. The number of esters is 1. The van der Waals surface area contributed by atoms with Crippen molar-refractivity contribution in [3.63, 3.8) is 0 Å². The number of nitrogens with zero attached hydrogens (tertiary/aromatic N) is 4. The van der Waals surface area contributed by atoms with Gasteiger partial charge in [0.1, 0.15) is 17.4 Å². The van der Waals surface area contributed by atoms with E-state index in [9.17, 15) is 18.0 Å². The first kappa shape index (κ1) is 20.3. The van der Waals surface area contributed by atoms with Crippen LogP contribution in [0.1, 0.15) is 38.7 Å². The number of aromatic nitrogens is 4. The van der Waals surface area contributed by atoms with E-state index in [1.54, 1.807) is 0 Å². The lowest BCUT2D eigenvalue weighted by atomic mass is 10.0. The lowest BCUT2D eigenvalue weighted by molar-refractivity contribution is -0.147. The number of carbonyl (C=O) groups excluding carboxylic acids is 1. The zero-order chi connectivity index (χ0) is 20.5. The summed E-state index contributed by atoms with van der Waals surface area (Å²) in [5.74, 6) is 0.0913. The summed E-state index contributed by atoms with van der Waals surface area (Å²) < 4.78 is 46.4. The van der Waals surface area contributed by atoms with E-state index in [1.165, 1.54) is 11.4 Å². The van der Waals surface area contributed by atoms with Gasteiger partial charge in [0.2, 0.25) is 5.95 Å². The first-order valence-electron chi connectivity index (χ1n) is 9.11. The summed E-state index contributed by atoms with van der Waals surface area (Å²) in [5, 5.41) is 10.5. The molecule has 0 spiro atoms. The molecule has 154 valence electrons. The molecule has 1 aliphatic rings. The summed E-state index contributed by atoms with van der Waals surface area (Å²) in [5.41, 5.74) is -1.18. The van der Waals surface area contributed by atoms with E-state index in [-0.39, 0.29) is 29.2 Å². The largest absolute Gasteiger partial charge is 0.459 e. The van der Waals surface area contributed by atoms with Crippen molar-refractivity contribution in [3.05, 3.63) is 17.7 Å². The maximum absolute atomic E-state index is 13.3. The number of ether oxygens (including phenoxy) is 1. The number of halogens is 3. The Bertz CT molecular complexity index is 851. The molecule has 0 aliphatic carbocycles. The van der Waals surface area contributed by atoms with Crippen molar-refractivity contribution in [1.82, 2.24) is 24.9 Å². The average Bonchev–Trinajstić information content (AvgIpc) is 2.94. The molecule has 0 unspecified atom stereocenters. The fraction of sp³-hybridized carbons (Fsp3) is 0.647. The van der Waals surface area contributed by atoms with Crippen molar-refractivity contribution >= 4 is 17.4 Å². The van der Waals surface area contributed by atoms with Gasteiger partial charge in [0.05, 0.1) is 12.2 Å². The monoisotopic (exact) mass is 400 g/mol. The smallest absolute Gasteiger partial charge is 0.435 e. The number of fused-ring (bicyclic) bond motifs is 1. The van der Waals surface area contributed by atoms with E-state index in [0.29, 0.717) is 25.9 Å². The van der Waals surface area contributed by atoms with Crippen molar-refractivity contribution in [1.29, 1.82) is 0 Å². The molecule has 1 aliphatic heterocycles. The van der Waals surface area contributed by atoms with E-state index in [0.717, 1.165) is 6.20 Å². The topological polar surface area (TPSA) is 93.4 Å². The lowest BCUT2D eigenvalue weighted by Crippen LogP contribution is -2.50. The Balaban J connectivity index is 1.93. The zero-order valence-electron chi connectivity index (χ0n) is 15.9. The second-order valence-electron chi connectivity index (χ2n) is 7.24. The molecule has 1 saturated heterocycles. The Morgan fingerprint density at radius 1 is 1.46 bits per heavy atom. The molecule has 2 aromatic heterocycles. The molecule has 2 atom stereocenters. The van der Waals surface area contributed by atoms with Gasteiger partial charge in [-0.2, -0.15) is 13.2 Å². The number of hydrogen-bond acceptors (Lipinski definition) is 7. The van der Waals surface area contributed by atoms with Gasteiger partial charge in [-0.15, -0.1) is 5.10 Å². The molecule has 3 rings (SSSR count). The Labute approximate surface area is 159 Å². The van der Waals surface area contributed by atoms with Gasteiger partial charge in [-0.3, -0.25) is 4.79 Å². The van der Waals surface area contributed by atoms with E-state index < -0.39 is 23.9 Å². The molecule has 0 amide bonds. The normalized spacial score (nSPS) is 20.5. The van der Waals surface area contributed by atoms with Gasteiger partial charge in [-0.1, -0.05) is 13.8 Å². The number of piperidine rings is 1.